The zero-order chi connectivity index (χ0) is 14.6. The summed E-state index contributed by atoms with van der Waals surface area (Å²) < 4.78 is 32.7. The smallest absolute Gasteiger partial charge is 0.240 e. The van der Waals surface area contributed by atoms with E-state index in [4.69, 9.17) is 4.74 Å². The Labute approximate surface area is 128 Å². The molecule has 7 heteroatoms. The van der Waals surface area contributed by atoms with Gasteiger partial charge in [-0.2, -0.15) is 0 Å². The van der Waals surface area contributed by atoms with Gasteiger partial charge < -0.3 is 10.1 Å². The van der Waals surface area contributed by atoms with Crippen LogP contribution in [0.15, 0.2) is 27.6 Å². The Morgan fingerprint density at radius 2 is 2.30 bits per heavy atom. The van der Waals surface area contributed by atoms with Crippen molar-refractivity contribution in [3.05, 3.63) is 22.7 Å². The van der Waals surface area contributed by atoms with Gasteiger partial charge in [0.1, 0.15) is 5.75 Å². The van der Waals surface area contributed by atoms with Crippen LogP contribution in [0.25, 0.3) is 0 Å². The summed E-state index contributed by atoms with van der Waals surface area (Å²) in [7, 11) is -1.92. The molecule has 0 saturated carbocycles. The van der Waals surface area contributed by atoms with Crippen molar-refractivity contribution < 1.29 is 13.2 Å². The SMILES string of the molecule is COc1ccc(S(=O)(=O)NCCC2CCCN2)cc1Br. The van der Waals surface area contributed by atoms with Gasteiger partial charge in [0.05, 0.1) is 16.5 Å². The van der Waals surface area contributed by atoms with E-state index in [1.165, 1.54) is 6.42 Å². The number of ether oxygens (including phenoxy) is 1. The number of methoxy groups -OCH3 is 1. The molecule has 0 aromatic heterocycles. The number of nitrogens with one attached hydrogen (secondary N) is 2. The molecule has 112 valence electrons. The minimum absolute atomic E-state index is 0.240. The lowest BCUT2D eigenvalue weighted by atomic mass is 10.2. The summed E-state index contributed by atoms with van der Waals surface area (Å²) in [6.45, 7) is 1.48. The molecule has 1 heterocycles. The van der Waals surface area contributed by atoms with E-state index < -0.39 is 10.0 Å². The lowest BCUT2D eigenvalue weighted by molar-refractivity contribution is 0.411. The summed E-state index contributed by atoms with van der Waals surface area (Å²) in [6.07, 6.45) is 3.11. The molecule has 0 amide bonds. The second-order valence-corrected chi connectivity index (χ2v) is 7.40. The van der Waals surface area contributed by atoms with Crippen LogP contribution in [-0.4, -0.2) is 34.7 Å². The summed E-state index contributed by atoms with van der Waals surface area (Å²) >= 11 is 3.29. The molecule has 1 unspecified atom stereocenters. The second kappa shape index (κ2) is 6.89. The number of rotatable bonds is 6. The maximum atomic E-state index is 12.2. The number of sulfonamides is 1. The highest BCUT2D eigenvalue weighted by molar-refractivity contribution is 9.10. The first-order chi connectivity index (χ1) is 9.53. The third-order valence-corrected chi connectivity index (χ3v) is 5.46. The van der Waals surface area contributed by atoms with E-state index in [1.807, 2.05) is 0 Å². The number of benzene rings is 1. The predicted molar refractivity (Wildman–Crippen MR) is 81.5 cm³/mol. The zero-order valence-corrected chi connectivity index (χ0v) is 13.8. The van der Waals surface area contributed by atoms with Crippen molar-refractivity contribution in [1.82, 2.24) is 10.0 Å². The van der Waals surface area contributed by atoms with Crippen LogP contribution >= 0.6 is 15.9 Å². The summed E-state index contributed by atoms with van der Waals surface area (Å²) in [6, 6.07) is 5.16. The average Bonchev–Trinajstić information content (AvgIpc) is 2.91. The summed E-state index contributed by atoms with van der Waals surface area (Å²) in [4.78, 5) is 0.240. The van der Waals surface area contributed by atoms with Crippen LogP contribution in [-0.2, 0) is 10.0 Å². The van der Waals surface area contributed by atoms with Gasteiger partial charge in [-0.15, -0.1) is 0 Å². The van der Waals surface area contributed by atoms with E-state index >= 15 is 0 Å². The predicted octanol–water partition coefficient (Wildman–Crippen LogP) is 1.88. The van der Waals surface area contributed by atoms with Gasteiger partial charge in [-0.05, 0) is 59.9 Å². The van der Waals surface area contributed by atoms with Crippen molar-refractivity contribution in [2.24, 2.45) is 0 Å². The van der Waals surface area contributed by atoms with Crippen molar-refractivity contribution in [1.29, 1.82) is 0 Å². The maximum Gasteiger partial charge on any atom is 0.240 e. The highest BCUT2D eigenvalue weighted by Gasteiger charge is 2.18. The molecule has 1 atom stereocenters. The van der Waals surface area contributed by atoms with Crippen LogP contribution in [0.5, 0.6) is 5.75 Å². The van der Waals surface area contributed by atoms with Gasteiger partial charge >= 0.3 is 0 Å². The molecule has 0 aliphatic carbocycles. The Bertz CT molecular complexity index is 557. The maximum absolute atomic E-state index is 12.2. The highest BCUT2D eigenvalue weighted by Crippen LogP contribution is 2.27. The van der Waals surface area contributed by atoms with E-state index in [9.17, 15) is 8.42 Å². The van der Waals surface area contributed by atoms with Gasteiger partial charge in [-0.3, -0.25) is 0 Å². The summed E-state index contributed by atoms with van der Waals surface area (Å²) in [5.74, 6) is 0.610. The molecule has 1 aromatic carbocycles. The molecule has 1 saturated heterocycles. The molecule has 1 fully saturated rings. The molecule has 0 radical (unpaired) electrons. The number of hydrogen-bond donors (Lipinski definition) is 2. The fourth-order valence-corrected chi connectivity index (χ4v) is 4.03. The molecule has 0 bridgehead atoms. The first-order valence-electron chi connectivity index (χ1n) is 6.59. The van der Waals surface area contributed by atoms with E-state index in [-0.39, 0.29) is 4.90 Å². The van der Waals surface area contributed by atoms with Gasteiger partial charge in [0, 0.05) is 12.6 Å². The molecular weight excluding hydrogens is 344 g/mol. The van der Waals surface area contributed by atoms with Crippen LogP contribution < -0.4 is 14.8 Å². The van der Waals surface area contributed by atoms with Gasteiger partial charge in [0.2, 0.25) is 10.0 Å². The zero-order valence-electron chi connectivity index (χ0n) is 11.4. The summed E-state index contributed by atoms with van der Waals surface area (Å²) in [5.41, 5.74) is 0. The first-order valence-corrected chi connectivity index (χ1v) is 8.87. The van der Waals surface area contributed by atoms with Crippen molar-refractivity contribution in [2.45, 2.75) is 30.2 Å². The lowest BCUT2D eigenvalue weighted by Crippen LogP contribution is -2.30. The van der Waals surface area contributed by atoms with E-state index in [0.29, 0.717) is 22.8 Å². The van der Waals surface area contributed by atoms with Crippen molar-refractivity contribution in [2.75, 3.05) is 20.2 Å². The van der Waals surface area contributed by atoms with Crippen LogP contribution in [0.3, 0.4) is 0 Å². The molecule has 20 heavy (non-hydrogen) atoms. The fourth-order valence-electron chi connectivity index (χ4n) is 2.27. The Morgan fingerprint density at radius 3 is 2.90 bits per heavy atom. The minimum Gasteiger partial charge on any atom is -0.496 e. The van der Waals surface area contributed by atoms with Crippen LogP contribution in [0.2, 0.25) is 0 Å². The Balaban J connectivity index is 1.96. The first kappa shape index (κ1) is 15.8. The van der Waals surface area contributed by atoms with E-state index in [0.717, 1.165) is 19.4 Å². The second-order valence-electron chi connectivity index (χ2n) is 4.78. The standard InChI is InChI=1S/C13H19BrN2O3S/c1-19-13-5-4-11(9-12(13)14)20(17,18)16-8-6-10-3-2-7-15-10/h4-5,9-10,15-16H,2-3,6-8H2,1H3. The summed E-state index contributed by atoms with van der Waals surface area (Å²) in [5, 5.41) is 3.35. The topological polar surface area (TPSA) is 67.4 Å². The Morgan fingerprint density at radius 1 is 1.50 bits per heavy atom. The third kappa shape index (κ3) is 3.94. The molecule has 1 aliphatic rings. The third-order valence-electron chi connectivity index (χ3n) is 3.38. The highest BCUT2D eigenvalue weighted by atomic mass is 79.9. The average molecular weight is 363 g/mol. The van der Waals surface area contributed by atoms with Crippen molar-refractivity contribution >= 4 is 26.0 Å². The molecule has 2 N–H and O–H groups in total. The van der Waals surface area contributed by atoms with Crippen LogP contribution in [0.1, 0.15) is 19.3 Å². The fraction of sp³-hybridized carbons (Fsp3) is 0.538. The molecular formula is C13H19BrN2O3S. The Hall–Kier alpha value is -0.630. The Kier molecular flexibility index (Phi) is 5.42. The van der Waals surface area contributed by atoms with Crippen molar-refractivity contribution in [3.63, 3.8) is 0 Å². The quantitative estimate of drug-likeness (QED) is 0.810. The van der Waals surface area contributed by atoms with Gasteiger partial charge in [-0.25, -0.2) is 13.1 Å². The van der Waals surface area contributed by atoms with E-state index in [1.54, 1.807) is 25.3 Å². The molecule has 1 aliphatic heterocycles. The number of halogens is 1. The van der Waals surface area contributed by atoms with Gasteiger partial charge in [-0.1, -0.05) is 0 Å². The monoisotopic (exact) mass is 362 g/mol. The largest absolute Gasteiger partial charge is 0.496 e. The molecule has 1 aromatic rings. The normalized spacial score (nSPS) is 19.2. The molecule has 5 nitrogen and oxygen atoms in total. The van der Waals surface area contributed by atoms with Gasteiger partial charge in [0.25, 0.3) is 0 Å². The molecule has 2 rings (SSSR count). The van der Waals surface area contributed by atoms with Gasteiger partial charge in [0.15, 0.2) is 0 Å². The number of hydrogen-bond acceptors (Lipinski definition) is 4. The lowest BCUT2D eigenvalue weighted by Gasteiger charge is -2.12. The van der Waals surface area contributed by atoms with Crippen LogP contribution in [0.4, 0.5) is 0 Å². The molecule has 0 spiro atoms. The minimum atomic E-state index is -3.46. The van der Waals surface area contributed by atoms with Crippen molar-refractivity contribution in [3.8, 4) is 5.75 Å². The van der Waals surface area contributed by atoms with E-state index in [2.05, 4.69) is 26.0 Å². The van der Waals surface area contributed by atoms with Crippen LogP contribution in [0, 0.1) is 0 Å².